The second-order valence-corrected chi connectivity index (χ2v) is 12.2. The van der Waals surface area contributed by atoms with E-state index in [9.17, 15) is 14.7 Å². The van der Waals surface area contributed by atoms with Crippen LogP contribution in [0.5, 0.6) is 11.5 Å². The minimum Gasteiger partial charge on any atom is -0.497 e. The van der Waals surface area contributed by atoms with E-state index in [-0.39, 0.29) is 36.5 Å². The van der Waals surface area contributed by atoms with Crippen molar-refractivity contribution in [3.63, 3.8) is 0 Å². The Morgan fingerprint density at radius 2 is 1.87 bits per heavy atom. The molecule has 2 N–H and O–H groups in total. The maximum Gasteiger partial charge on any atom is 0.258 e. The van der Waals surface area contributed by atoms with Gasteiger partial charge in [-0.3, -0.25) is 19.5 Å². The van der Waals surface area contributed by atoms with E-state index in [1.165, 1.54) is 5.56 Å². The van der Waals surface area contributed by atoms with Crippen molar-refractivity contribution in [3.8, 4) is 11.5 Å². The Hall–Kier alpha value is -3.99. The normalized spacial score (nSPS) is 20.3. The lowest BCUT2D eigenvalue weighted by Crippen LogP contribution is -2.47. The Balaban J connectivity index is 1.59. The van der Waals surface area contributed by atoms with Crippen molar-refractivity contribution < 1.29 is 28.9 Å². The molecule has 3 aromatic rings. The minimum absolute atomic E-state index is 0.0444. The lowest BCUT2D eigenvalue weighted by molar-refractivity contribution is -0.0177. The Morgan fingerprint density at radius 1 is 1.13 bits per heavy atom. The summed E-state index contributed by atoms with van der Waals surface area (Å²) in [5.41, 5.74) is 2.42. The second kappa shape index (κ2) is 17.1. The van der Waals surface area contributed by atoms with Crippen molar-refractivity contribution in [2.45, 2.75) is 64.8 Å². The molecule has 0 bridgehead atoms. The fourth-order valence-corrected chi connectivity index (χ4v) is 5.58. The number of nitrogens with one attached hydrogen (secondary N) is 1. The van der Waals surface area contributed by atoms with Crippen LogP contribution in [0.3, 0.4) is 0 Å². The van der Waals surface area contributed by atoms with E-state index in [2.05, 4.69) is 41.3 Å². The molecule has 0 saturated carbocycles. The van der Waals surface area contributed by atoms with Crippen LogP contribution >= 0.6 is 0 Å². The number of fused-ring (bicyclic) bond motifs is 1. The third-order valence-corrected chi connectivity index (χ3v) is 8.36. The van der Waals surface area contributed by atoms with Gasteiger partial charge in [0.25, 0.3) is 11.8 Å². The van der Waals surface area contributed by atoms with Gasteiger partial charge in [-0.25, -0.2) is 0 Å². The van der Waals surface area contributed by atoms with Gasteiger partial charge in [0.2, 0.25) is 0 Å². The summed E-state index contributed by atoms with van der Waals surface area (Å²) in [6, 6.07) is 16.0. The fourth-order valence-electron chi connectivity index (χ4n) is 5.58. The van der Waals surface area contributed by atoms with Crippen molar-refractivity contribution in [1.29, 1.82) is 0 Å². The van der Waals surface area contributed by atoms with Gasteiger partial charge in [0.05, 0.1) is 37.5 Å². The number of carbonyl (C=O) groups is 2. The molecule has 46 heavy (non-hydrogen) atoms. The lowest BCUT2D eigenvalue weighted by atomic mass is 10.0. The first-order chi connectivity index (χ1) is 22.2. The molecule has 4 atom stereocenters. The number of ether oxygens (including phenoxy) is 3. The van der Waals surface area contributed by atoms with E-state index in [1.807, 2.05) is 26.0 Å². The molecule has 1 aromatic heterocycles. The van der Waals surface area contributed by atoms with Crippen LogP contribution in [-0.4, -0.2) is 90.4 Å². The number of aliphatic hydroxyl groups excluding tert-OH is 1. The minimum atomic E-state index is -0.458. The summed E-state index contributed by atoms with van der Waals surface area (Å²) in [4.78, 5) is 35.1. The van der Waals surface area contributed by atoms with Crippen LogP contribution in [0.4, 0.5) is 5.69 Å². The van der Waals surface area contributed by atoms with Crippen LogP contribution < -0.4 is 14.8 Å². The highest BCUT2D eigenvalue weighted by Crippen LogP contribution is 2.29. The molecule has 0 aliphatic carbocycles. The van der Waals surface area contributed by atoms with Crippen LogP contribution in [0.25, 0.3) is 0 Å². The number of rotatable bonds is 9. The van der Waals surface area contributed by atoms with Crippen molar-refractivity contribution in [2.24, 2.45) is 5.92 Å². The summed E-state index contributed by atoms with van der Waals surface area (Å²) in [5, 5.41) is 13.1. The number of aliphatic hydroxyl groups is 1. The third-order valence-electron chi connectivity index (χ3n) is 8.36. The molecule has 248 valence electrons. The highest BCUT2D eigenvalue weighted by atomic mass is 16.5. The molecule has 0 radical (unpaired) electrons. The number of likely N-dealkylation sites (N-methyl/N-ethyl adjacent to an activating group) is 1. The molecule has 1 aliphatic rings. The molecule has 10 heteroatoms. The summed E-state index contributed by atoms with van der Waals surface area (Å²) in [6.07, 6.45) is 5.43. The second-order valence-electron chi connectivity index (χ2n) is 12.2. The van der Waals surface area contributed by atoms with Crippen LogP contribution in [-0.2, 0) is 11.3 Å². The molecule has 2 heterocycles. The van der Waals surface area contributed by atoms with Gasteiger partial charge in [-0.15, -0.1) is 0 Å². The highest BCUT2D eigenvalue weighted by molar-refractivity contribution is 6.05. The molecule has 0 spiro atoms. The molecule has 1 aliphatic heterocycles. The summed E-state index contributed by atoms with van der Waals surface area (Å²) >= 11 is 0. The fraction of sp³-hybridized carbons (Fsp3) is 0.472. The van der Waals surface area contributed by atoms with Gasteiger partial charge in [0.1, 0.15) is 11.5 Å². The average Bonchev–Trinajstić information content (AvgIpc) is 3.06. The van der Waals surface area contributed by atoms with Gasteiger partial charge in [-0.2, -0.15) is 0 Å². The number of anilines is 1. The number of pyridine rings is 1. The molecule has 10 nitrogen and oxygen atoms in total. The Morgan fingerprint density at radius 3 is 2.57 bits per heavy atom. The summed E-state index contributed by atoms with van der Waals surface area (Å²) in [5.74, 6) is 0.640. The van der Waals surface area contributed by atoms with Crippen LogP contribution in [0.15, 0.2) is 67.0 Å². The Kier molecular flexibility index (Phi) is 12.9. The van der Waals surface area contributed by atoms with Crippen LogP contribution in [0.2, 0.25) is 0 Å². The number of carbonyl (C=O) groups excluding carboxylic acids is 2. The summed E-state index contributed by atoms with van der Waals surface area (Å²) in [7, 11) is 3.73. The molecule has 4 rings (SSSR count). The number of hydrogen-bond donors (Lipinski definition) is 2. The number of methoxy groups -OCH3 is 1. The zero-order chi connectivity index (χ0) is 33.1. The van der Waals surface area contributed by atoms with Gasteiger partial charge in [-0.1, -0.05) is 19.1 Å². The Bertz CT molecular complexity index is 1400. The number of hydrogen-bond acceptors (Lipinski definition) is 8. The van der Waals surface area contributed by atoms with Gasteiger partial charge >= 0.3 is 0 Å². The van der Waals surface area contributed by atoms with Gasteiger partial charge < -0.3 is 29.5 Å². The predicted octanol–water partition coefficient (Wildman–Crippen LogP) is 5.27. The zero-order valence-corrected chi connectivity index (χ0v) is 27.6. The monoisotopic (exact) mass is 632 g/mol. The number of amides is 2. The number of benzene rings is 2. The van der Waals surface area contributed by atoms with Crippen LogP contribution in [0, 0.1) is 5.92 Å². The summed E-state index contributed by atoms with van der Waals surface area (Å²) in [6.45, 7) is 8.10. The topological polar surface area (TPSA) is 113 Å². The average molecular weight is 633 g/mol. The molecule has 0 fully saturated rings. The third kappa shape index (κ3) is 9.75. The van der Waals surface area contributed by atoms with Gasteiger partial charge in [-0.05, 0) is 88.2 Å². The Labute approximate surface area is 272 Å². The number of aromatic nitrogens is 1. The van der Waals surface area contributed by atoms with E-state index in [0.717, 1.165) is 31.6 Å². The first-order valence-corrected chi connectivity index (χ1v) is 16.1. The van der Waals surface area contributed by atoms with Gasteiger partial charge in [0.15, 0.2) is 0 Å². The molecule has 2 aromatic carbocycles. The lowest BCUT2D eigenvalue weighted by Gasteiger charge is -2.36. The highest BCUT2D eigenvalue weighted by Gasteiger charge is 2.30. The number of nitrogens with zero attached hydrogens (tertiary/aromatic N) is 3. The smallest absolute Gasteiger partial charge is 0.258 e. The van der Waals surface area contributed by atoms with E-state index < -0.39 is 6.04 Å². The summed E-state index contributed by atoms with van der Waals surface area (Å²) < 4.78 is 18.1. The van der Waals surface area contributed by atoms with E-state index >= 15 is 0 Å². The first kappa shape index (κ1) is 34.9. The van der Waals surface area contributed by atoms with E-state index in [4.69, 9.17) is 14.2 Å². The van der Waals surface area contributed by atoms with Crippen molar-refractivity contribution in [1.82, 2.24) is 14.8 Å². The van der Waals surface area contributed by atoms with Crippen molar-refractivity contribution in [2.75, 3.05) is 45.8 Å². The zero-order valence-electron chi connectivity index (χ0n) is 27.6. The standard InChI is InChI=1S/C36H48N4O6/c1-25-21-40(26(2)24-41)36(43)32-20-30(38-35(42)29-15-17-37-18-16-29)11-14-33(32)46-27(3)8-6-7-19-45-34(25)23-39(4)22-28-9-12-31(44-5)13-10-28/h9-18,20,25-27,34,41H,6-8,19,21-24H2,1-5H3,(H,38,42)/t25-,26+,27+,34+/m1/s1. The van der Waals surface area contributed by atoms with Crippen LogP contribution in [0.1, 0.15) is 66.3 Å². The predicted molar refractivity (Wildman–Crippen MR) is 178 cm³/mol. The maximum absolute atomic E-state index is 14.3. The maximum atomic E-state index is 14.3. The van der Waals surface area contributed by atoms with E-state index in [1.54, 1.807) is 54.7 Å². The van der Waals surface area contributed by atoms with Crippen molar-refractivity contribution in [3.05, 3.63) is 83.7 Å². The molecular weight excluding hydrogens is 584 g/mol. The van der Waals surface area contributed by atoms with Crippen molar-refractivity contribution >= 4 is 17.5 Å². The van der Waals surface area contributed by atoms with E-state index in [0.29, 0.717) is 42.3 Å². The molecule has 0 saturated heterocycles. The largest absolute Gasteiger partial charge is 0.497 e. The van der Waals surface area contributed by atoms with Gasteiger partial charge in [0, 0.05) is 55.8 Å². The SMILES string of the molecule is COc1ccc(CN(C)C[C@@H]2OCCCC[C@H](C)Oc3ccc(NC(=O)c4ccncc4)cc3C(=O)N([C@@H](C)CO)C[C@H]2C)cc1. The molecule has 0 unspecified atom stereocenters. The molecular formula is C36H48N4O6. The first-order valence-electron chi connectivity index (χ1n) is 16.1. The molecule has 2 amide bonds. The quantitative estimate of drug-likeness (QED) is 0.328.